The molecule has 0 bridgehead atoms. The molecule has 0 radical (unpaired) electrons. The minimum atomic E-state index is -4.20. The molecule has 2 amide bonds. The molecule has 0 spiro atoms. The second-order valence-electron chi connectivity index (χ2n) is 9.36. The fourth-order valence-corrected chi connectivity index (χ4v) is 5.72. The van der Waals surface area contributed by atoms with E-state index in [1.54, 1.807) is 50.2 Å². The normalized spacial score (nSPS) is 12.9. The highest BCUT2D eigenvalue weighted by Gasteiger charge is 2.33. The molecule has 0 aromatic heterocycles. The Bertz CT molecular complexity index is 1420. The van der Waals surface area contributed by atoms with E-state index >= 15 is 0 Å². The Morgan fingerprint density at radius 3 is 2.26 bits per heavy atom. The lowest BCUT2D eigenvalue weighted by molar-refractivity contribution is -0.139. The van der Waals surface area contributed by atoms with Gasteiger partial charge in [-0.3, -0.25) is 13.9 Å². The smallest absolute Gasteiger partial charge is 0.264 e. The summed E-state index contributed by atoms with van der Waals surface area (Å²) in [6.07, 6.45) is 0.679. The standard InChI is InChI=1S/C29H33ClFN3O4S/c1-5-21(3)32-29(36)22(4)33(18-23-11-9-10-14-26(23)31)28(35)19-34(27-16-15-24(30)17-20(27)2)39(37,38)25-12-7-6-8-13-25/h6-17,21-22H,5,18-19H2,1-4H3,(H,32,36)/t21-,22-/m0/s1. The summed E-state index contributed by atoms with van der Waals surface area (Å²) in [5.74, 6) is -1.62. The molecule has 3 aromatic carbocycles. The van der Waals surface area contributed by atoms with Crippen molar-refractivity contribution in [3.63, 3.8) is 0 Å². The van der Waals surface area contributed by atoms with Gasteiger partial charge in [0, 0.05) is 23.2 Å². The monoisotopic (exact) mass is 573 g/mol. The van der Waals surface area contributed by atoms with Gasteiger partial charge in [0.05, 0.1) is 10.6 Å². The van der Waals surface area contributed by atoms with Crippen molar-refractivity contribution in [1.29, 1.82) is 0 Å². The number of amides is 2. The molecule has 208 valence electrons. The van der Waals surface area contributed by atoms with Crippen molar-refractivity contribution in [3.8, 4) is 0 Å². The Kier molecular flexibility index (Phi) is 10.1. The van der Waals surface area contributed by atoms with Crippen LogP contribution in [0, 0.1) is 12.7 Å². The van der Waals surface area contributed by atoms with Crippen LogP contribution in [0.25, 0.3) is 0 Å². The number of hydrogen-bond donors (Lipinski definition) is 1. The van der Waals surface area contributed by atoms with Crippen LogP contribution in [-0.2, 0) is 26.2 Å². The molecule has 10 heteroatoms. The van der Waals surface area contributed by atoms with Crippen LogP contribution < -0.4 is 9.62 Å². The van der Waals surface area contributed by atoms with Crippen molar-refractivity contribution in [3.05, 3.63) is 94.8 Å². The van der Waals surface area contributed by atoms with Gasteiger partial charge < -0.3 is 10.2 Å². The number of nitrogens with zero attached hydrogens (tertiary/aromatic N) is 2. The highest BCUT2D eigenvalue weighted by molar-refractivity contribution is 7.92. The van der Waals surface area contributed by atoms with Gasteiger partial charge in [-0.1, -0.05) is 54.9 Å². The lowest BCUT2D eigenvalue weighted by Gasteiger charge is -2.33. The summed E-state index contributed by atoms with van der Waals surface area (Å²) in [6, 6.07) is 17.3. The van der Waals surface area contributed by atoms with Crippen LogP contribution in [0.2, 0.25) is 5.02 Å². The van der Waals surface area contributed by atoms with Crippen LogP contribution >= 0.6 is 11.6 Å². The second-order valence-corrected chi connectivity index (χ2v) is 11.7. The molecular formula is C29H33ClFN3O4S. The molecular weight excluding hydrogens is 541 g/mol. The van der Waals surface area contributed by atoms with E-state index in [9.17, 15) is 22.4 Å². The third kappa shape index (κ3) is 7.36. The maximum absolute atomic E-state index is 14.6. The van der Waals surface area contributed by atoms with Crippen molar-refractivity contribution in [2.45, 2.75) is 57.6 Å². The van der Waals surface area contributed by atoms with Crippen molar-refractivity contribution in [2.24, 2.45) is 0 Å². The number of nitrogens with one attached hydrogen (secondary N) is 1. The highest BCUT2D eigenvalue weighted by atomic mass is 35.5. The van der Waals surface area contributed by atoms with Crippen molar-refractivity contribution < 1.29 is 22.4 Å². The minimum absolute atomic E-state index is 0.00429. The van der Waals surface area contributed by atoms with E-state index in [0.29, 0.717) is 17.0 Å². The Labute approximate surface area is 234 Å². The highest BCUT2D eigenvalue weighted by Crippen LogP contribution is 2.29. The lowest BCUT2D eigenvalue weighted by Crippen LogP contribution is -2.52. The summed E-state index contributed by atoms with van der Waals surface area (Å²) < 4.78 is 43.2. The largest absolute Gasteiger partial charge is 0.352 e. The van der Waals surface area contributed by atoms with Gasteiger partial charge in [-0.25, -0.2) is 12.8 Å². The number of rotatable bonds is 11. The van der Waals surface area contributed by atoms with Crippen LogP contribution in [0.15, 0.2) is 77.7 Å². The van der Waals surface area contributed by atoms with Crippen LogP contribution in [0.4, 0.5) is 10.1 Å². The predicted molar refractivity (Wildman–Crippen MR) is 151 cm³/mol. The third-order valence-corrected chi connectivity index (χ3v) is 8.51. The average Bonchev–Trinajstić information content (AvgIpc) is 2.91. The van der Waals surface area contributed by atoms with E-state index in [1.165, 1.54) is 41.3 Å². The van der Waals surface area contributed by atoms with Crippen molar-refractivity contribution in [1.82, 2.24) is 10.2 Å². The fraction of sp³-hybridized carbons (Fsp3) is 0.310. The Balaban J connectivity index is 2.06. The fourth-order valence-electron chi connectivity index (χ4n) is 3.99. The van der Waals surface area contributed by atoms with E-state index in [2.05, 4.69) is 5.32 Å². The van der Waals surface area contributed by atoms with Gasteiger partial charge in [0.1, 0.15) is 18.4 Å². The number of carbonyl (C=O) groups excluding carboxylic acids is 2. The molecule has 0 aliphatic rings. The van der Waals surface area contributed by atoms with E-state index < -0.39 is 40.2 Å². The summed E-state index contributed by atoms with van der Waals surface area (Å²) in [5, 5.41) is 3.26. The van der Waals surface area contributed by atoms with Crippen molar-refractivity contribution >= 4 is 39.1 Å². The van der Waals surface area contributed by atoms with E-state index in [-0.39, 0.29) is 28.7 Å². The number of aryl methyl sites for hydroxylation is 1. The number of anilines is 1. The molecule has 0 saturated carbocycles. The van der Waals surface area contributed by atoms with Gasteiger partial charge >= 0.3 is 0 Å². The molecule has 0 aliphatic carbocycles. The first-order valence-electron chi connectivity index (χ1n) is 12.6. The zero-order valence-electron chi connectivity index (χ0n) is 22.4. The summed E-state index contributed by atoms with van der Waals surface area (Å²) in [7, 11) is -4.20. The minimum Gasteiger partial charge on any atom is -0.352 e. The molecule has 0 fully saturated rings. The summed E-state index contributed by atoms with van der Waals surface area (Å²) in [4.78, 5) is 28.1. The van der Waals surface area contributed by atoms with E-state index in [1.807, 2.05) is 13.8 Å². The lowest BCUT2D eigenvalue weighted by atomic mass is 10.1. The quantitative estimate of drug-likeness (QED) is 0.337. The zero-order valence-corrected chi connectivity index (χ0v) is 24.0. The molecule has 0 heterocycles. The van der Waals surface area contributed by atoms with Crippen LogP contribution in [0.3, 0.4) is 0 Å². The van der Waals surface area contributed by atoms with Gasteiger partial charge in [-0.2, -0.15) is 0 Å². The van der Waals surface area contributed by atoms with Gasteiger partial charge in [0.15, 0.2) is 0 Å². The number of halogens is 2. The SMILES string of the molecule is CC[C@H](C)NC(=O)[C@H](C)N(Cc1ccccc1F)C(=O)CN(c1ccc(Cl)cc1C)S(=O)(=O)c1ccccc1. The number of sulfonamides is 1. The Morgan fingerprint density at radius 2 is 1.64 bits per heavy atom. The van der Waals surface area contributed by atoms with Gasteiger partial charge in [-0.05, 0) is 69.2 Å². The molecule has 7 nitrogen and oxygen atoms in total. The molecule has 39 heavy (non-hydrogen) atoms. The maximum Gasteiger partial charge on any atom is 0.264 e. The summed E-state index contributed by atoms with van der Waals surface area (Å²) >= 11 is 6.12. The van der Waals surface area contributed by atoms with Gasteiger partial charge in [-0.15, -0.1) is 0 Å². The number of benzene rings is 3. The second kappa shape index (κ2) is 13.1. The van der Waals surface area contributed by atoms with Gasteiger partial charge in [0.25, 0.3) is 10.0 Å². The van der Waals surface area contributed by atoms with Crippen LogP contribution in [0.5, 0.6) is 0 Å². The molecule has 0 aliphatic heterocycles. The zero-order chi connectivity index (χ0) is 28.7. The van der Waals surface area contributed by atoms with Crippen molar-refractivity contribution in [2.75, 3.05) is 10.8 Å². The molecule has 1 N–H and O–H groups in total. The average molecular weight is 574 g/mol. The molecule has 0 saturated heterocycles. The predicted octanol–water partition coefficient (Wildman–Crippen LogP) is 5.31. The Morgan fingerprint density at radius 1 is 1.00 bits per heavy atom. The van der Waals surface area contributed by atoms with E-state index in [4.69, 9.17) is 11.6 Å². The molecule has 2 atom stereocenters. The first kappa shape index (κ1) is 30.1. The van der Waals surface area contributed by atoms with Crippen LogP contribution in [-0.4, -0.2) is 43.8 Å². The number of hydrogen-bond acceptors (Lipinski definition) is 4. The summed E-state index contributed by atoms with van der Waals surface area (Å²) in [5.41, 5.74) is 1.01. The van der Waals surface area contributed by atoms with Gasteiger partial charge in [0.2, 0.25) is 11.8 Å². The summed E-state index contributed by atoms with van der Waals surface area (Å²) in [6.45, 7) is 6.15. The first-order valence-corrected chi connectivity index (χ1v) is 14.4. The molecule has 0 unspecified atom stereocenters. The number of carbonyl (C=O) groups is 2. The topological polar surface area (TPSA) is 86.8 Å². The third-order valence-electron chi connectivity index (χ3n) is 6.50. The van der Waals surface area contributed by atoms with E-state index in [0.717, 1.165) is 4.31 Å². The van der Waals surface area contributed by atoms with Crippen LogP contribution in [0.1, 0.15) is 38.3 Å². The Hall–Kier alpha value is -3.43. The molecule has 3 aromatic rings. The first-order chi connectivity index (χ1) is 18.4. The maximum atomic E-state index is 14.6. The molecule has 3 rings (SSSR count).